The van der Waals surface area contributed by atoms with Crippen LogP contribution < -0.4 is 9.54 Å². The molecule has 0 N–H and O–H groups in total. The van der Waals surface area contributed by atoms with Crippen LogP contribution >= 0.6 is 11.3 Å². The fraction of sp³-hybridized carbons (Fsp3) is 0.263. The van der Waals surface area contributed by atoms with E-state index in [0.29, 0.717) is 23.7 Å². The van der Waals surface area contributed by atoms with Gasteiger partial charge in [0.2, 0.25) is 0 Å². The Balaban J connectivity index is 1.84. The molecule has 0 bridgehead atoms. The Kier molecular flexibility index (Phi) is 5.80. The van der Waals surface area contributed by atoms with E-state index in [4.69, 9.17) is 9.47 Å². The molecule has 0 fully saturated rings. The number of nitrogens with zero attached hydrogens (tertiary/aromatic N) is 2. The van der Waals surface area contributed by atoms with Gasteiger partial charge in [0.1, 0.15) is 11.6 Å². The van der Waals surface area contributed by atoms with Gasteiger partial charge in [-0.3, -0.25) is 4.79 Å². The summed E-state index contributed by atoms with van der Waals surface area (Å²) >= 11 is 1.46. The zero-order valence-electron chi connectivity index (χ0n) is 14.6. The number of methoxy groups -OCH3 is 1. The molecule has 1 aromatic heterocycles. The number of thiazole rings is 1. The number of fused-ring (bicyclic) bond motifs is 1. The second-order valence-corrected chi connectivity index (χ2v) is 6.76. The summed E-state index contributed by atoms with van der Waals surface area (Å²) in [6.45, 7) is 2.94. The highest BCUT2D eigenvalue weighted by molar-refractivity contribution is 7.16. The third-order valence-electron chi connectivity index (χ3n) is 3.75. The van der Waals surface area contributed by atoms with Gasteiger partial charge in [0.05, 0.1) is 16.8 Å². The van der Waals surface area contributed by atoms with E-state index < -0.39 is 5.91 Å². The van der Waals surface area contributed by atoms with E-state index in [2.05, 4.69) is 11.1 Å². The van der Waals surface area contributed by atoms with E-state index in [1.54, 1.807) is 7.11 Å². The van der Waals surface area contributed by atoms with Crippen molar-refractivity contribution in [1.29, 1.82) is 0 Å². The van der Waals surface area contributed by atoms with Crippen molar-refractivity contribution in [3.05, 3.63) is 58.6 Å². The van der Waals surface area contributed by atoms with Crippen molar-refractivity contribution in [2.24, 2.45) is 4.99 Å². The maximum absolute atomic E-state index is 12.9. The van der Waals surface area contributed by atoms with Crippen LogP contribution in [0.5, 0.6) is 5.75 Å². The third kappa shape index (κ3) is 4.36. The first-order valence-electron chi connectivity index (χ1n) is 8.11. The molecule has 0 unspecified atom stereocenters. The second-order valence-electron chi connectivity index (χ2n) is 5.75. The van der Waals surface area contributed by atoms with Crippen molar-refractivity contribution < 1.29 is 18.7 Å². The number of aryl methyl sites for hydroxylation is 1. The van der Waals surface area contributed by atoms with Crippen LogP contribution in [0.3, 0.4) is 0 Å². The van der Waals surface area contributed by atoms with Gasteiger partial charge in [0.15, 0.2) is 11.4 Å². The van der Waals surface area contributed by atoms with Gasteiger partial charge in [0.25, 0.3) is 5.91 Å². The summed E-state index contributed by atoms with van der Waals surface area (Å²) in [5.41, 5.74) is 2.17. The molecule has 0 spiro atoms. The zero-order valence-corrected chi connectivity index (χ0v) is 15.4. The fourth-order valence-corrected chi connectivity index (χ4v) is 3.65. The summed E-state index contributed by atoms with van der Waals surface area (Å²) in [5.74, 6) is -0.328. The molecule has 136 valence electrons. The van der Waals surface area contributed by atoms with E-state index in [1.807, 2.05) is 23.6 Å². The van der Waals surface area contributed by atoms with Crippen molar-refractivity contribution in [2.45, 2.75) is 13.5 Å². The number of carbonyl (C=O) groups is 1. The lowest BCUT2D eigenvalue weighted by Gasteiger charge is -2.05. The normalized spacial score (nSPS) is 11.9. The fourth-order valence-electron chi connectivity index (χ4n) is 2.48. The Morgan fingerprint density at radius 2 is 2.00 bits per heavy atom. The Morgan fingerprint density at radius 1 is 1.23 bits per heavy atom. The molecular weight excluding hydrogens is 355 g/mol. The molecule has 0 saturated carbocycles. The molecule has 1 heterocycles. The molecule has 2 aromatic carbocycles. The topological polar surface area (TPSA) is 52.8 Å². The van der Waals surface area contributed by atoms with Gasteiger partial charge < -0.3 is 14.0 Å². The van der Waals surface area contributed by atoms with Crippen LogP contribution in [-0.2, 0) is 16.1 Å². The van der Waals surface area contributed by atoms with Gasteiger partial charge in [-0.1, -0.05) is 17.4 Å². The van der Waals surface area contributed by atoms with E-state index in [0.717, 1.165) is 15.8 Å². The molecule has 3 aromatic rings. The van der Waals surface area contributed by atoms with Crippen molar-refractivity contribution in [3.8, 4) is 5.75 Å². The highest BCUT2D eigenvalue weighted by atomic mass is 32.1. The van der Waals surface area contributed by atoms with Crippen molar-refractivity contribution in [1.82, 2.24) is 4.57 Å². The molecule has 7 heteroatoms. The lowest BCUT2D eigenvalue weighted by Crippen LogP contribution is -2.21. The Labute approximate surface area is 154 Å². The van der Waals surface area contributed by atoms with Crippen molar-refractivity contribution in [3.63, 3.8) is 0 Å². The maximum Gasteiger partial charge on any atom is 0.286 e. The lowest BCUT2D eigenvalue weighted by molar-refractivity contribution is -0.120. The Morgan fingerprint density at radius 3 is 2.73 bits per heavy atom. The molecule has 1 amide bonds. The van der Waals surface area contributed by atoms with Gasteiger partial charge in [-0.15, -0.1) is 0 Å². The number of rotatable bonds is 6. The van der Waals surface area contributed by atoms with E-state index >= 15 is 0 Å². The van der Waals surface area contributed by atoms with Gasteiger partial charge >= 0.3 is 0 Å². The SMILES string of the molecule is COCCn1c(=NC(=O)COc2ccc(F)cc2)sc2cc(C)ccc21. The highest BCUT2D eigenvalue weighted by Gasteiger charge is 2.09. The first-order chi connectivity index (χ1) is 12.6. The summed E-state index contributed by atoms with van der Waals surface area (Å²) in [4.78, 5) is 17.0. The average molecular weight is 374 g/mol. The molecule has 0 atom stereocenters. The van der Waals surface area contributed by atoms with Gasteiger partial charge in [0, 0.05) is 13.7 Å². The molecule has 0 saturated heterocycles. The van der Waals surface area contributed by atoms with Gasteiger partial charge in [-0.25, -0.2) is 4.39 Å². The monoisotopic (exact) mass is 374 g/mol. The average Bonchev–Trinajstić information content (AvgIpc) is 2.95. The minimum absolute atomic E-state index is 0.205. The first-order valence-corrected chi connectivity index (χ1v) is 8.93. The number of hydrogen-bond acceptors (Lipinski definition) is 4. The minimum atomic E-state index is -0.399. The summed E-state index contributed by atoms with van der Waals surface area (Å²) < 4.78 is 26.5. The van der Waals surface area contributed by atoms with Crippen LogP contribution in [0.4, 0.5) is 4.39 Å². The Hall–Kier alpha value is -2.51. The molecule has 0 aliphatic carbocycles. The van der Waals surface area contributed by atoms with Crippen LogP contribution in [0, 0.1) is 12.7 Å². The summed E-state index contributed by atoms with van der Waals surface area (Å²) in [6.07, 6.45) is 0. The maximum atomic E-state index is 12.9. The van der Waals surface area contributed by atoms with E-state index in [1.165, 1.54) is 35.6 Å². The number of amides is 1. The second kappa shape index (κ2) is 8.25. The number of carbonyl (C=O) groups excluding carboxylic acids is 1. The predicted octanol–water partition coefficient (Wildman–Crippen LogP) is 3.30. The highest BCUT2D eigenvalue weighted by Crippen LogP contribution is 2.19. The quantitative estimate of drug-likeness (QED) is 0.665. The molecular formula is C19H19FN2O3S. The molecule has 0 aliphatic heterocycles. The number of hydrogen-bond donors (Lipinski definition) is 0. The zero-order chi connectivity index (χ0) is 18.5. The molecule has 0 radical (unpaired) electrons. The van der Waals surface area contributed by atoms with E-state index in [-0.39, 0.29) is 12.4 Å². The largest absolute Gasteiger partial charge is 0.484 e. The smallest absolute Gasteiger partial charge is 0.286 e. The summed E-state index contributed by atoms with van der Waals surface area (Å²) in [6, 6.07) is 11.6. The van der Waals surface area contributed by atoms with E-state index in [9.17, 15) is 9.18 Å². The van der Waals surface area contributed by atoms with Gasteiger partial charge in [-0.2, -0.15) is 4.99 Å². The molecule has 5 nitrogen and oxygen atoms in total. The standard InChI is InChI=1S/C19H19FN2O3S/c1-13-3-8-16-17(11-13)26-19(22(16)9-10-24-2)21-18(23)12-25-15-6-4-14(20)5-7-15/h3-8,11H,9-10,12H2,1-2H3. The Bertz CT molecular complexity index is 977. The lowest BCUT2D eigenvalue weighted by atomic mass is 10.2. The van der Waals surface area contributed by atoms with Crippen LogP contribution in [0.15, 0.2) is 47.5 Å². The molecule has 0 aliphatic rings. The summed E-state index contributed by atoms with van der Waals surface area (Å²) in [7, 11) is 1.64. The minimum Gasteiger partial charge on any atom is -0.484 e. The van der Waals surface area contributed by atoms with Crippen LogP contribution in [0.25, 0.3) is 10.2 Å². The predicted molar refractivity (Wildman–Crippen MR) is 98.9 cm³/mol. The van der Waals surface area contributed by atoms with Crippen LogP contribution in [0.1, 0.15) is 5.56 Å². The molecule has 26 heavy (non-hydrogen) atoms. The number of benzene rings is 2. The van der Waals surface area contributed by atoms with Crippen LogP contribution in [0.2, 0.25) is 0 Å². The molecule has 3 rings (SSSR count). The van der Waals surface area contributed by atoms with Crippen molar-refractivity contribution in [2.75, 3.05) is 20.3 Å². The number of halogens is 1. The number of ether oxygens (including phenoxy) is 2. The summed E-state index contributed by atoms with van der Waals surface area (Å²) in [5, 5.41) is 0. The number of aromatic nitrogens is 1. The third-order valence-corrected chi connectivity index (χ3v) is 4.79. The van der Waals surface area contributed by atoms with Gasteiger partial charge in [-0.05, 0) is 48.9 Å². The van der Waals surface area contributed by atoms with Crippen molar-refractivity contribution >= 4 is 27.5 Å². The van der Waals surface area contributed by atoms with Crippen LogP contribution in [-0.4, -0.2) is 30.8 Å². The first kappa shape index (κ1) is 18.3.